The van der Waals surface area contributed by atoms with Crippen LogP contribution in [-0.4, -0.2) is 35.1 Å². The summed E-state index contributed by atoms with van der Waals surface area (Å²) in [5.41, 5.74) is 0.953. The zero-order valence-corrected chi connectivity index (χ0v) is 12.6. The van der Waals surface area contributed by atoms with Crippen LogP contribution in [0.25, 0.3) is 11.9 Å². The van der Waals surface area contributed by atoms with Gasteiger partial charge in [0.15, 0.2) is 0 Å². The van der Waals surface area contributed by atoms with E-state index < -0.39 is 0 Å². The van der Waals surface area contributed by atoms with Crippen LogP contribution in [0.1, 0.15) is 37.0 Å². The molecule has 0 radical (unpaired) electrons. The van der Waals surface area contributed by atoms with Crippen molar-refractivity contribution in [3.63, 3.8) is 0 Å². The van der Waals surface area contributed by atoms with E-state index in [1.165, 1.54) is 12.3 Å². The third-order valence-electron chi connectivity index (χ3n) is 3.14. The molecule has 0 spiro atoms. The summed E-state index contributed by atoms with van der Waals surface area (Å²) >= 11 is 0. The Morgan fingerprint density at radius 2 is 2.09 bits per heavy atom. The Hall–Kier alpha value is -2.83. The third kappa shape index (κ3) is 2.65. The summed E-state index contributed by atoms with van der Waals surface area (Å²) in [6, 6.07) is 1.75. The molecule has 0 amide bonds. The van der Waals surface area contributed by atoms with Crippen LogP contribution < -0.4 is 0 Å². The minimum Gasteiger partial charge on any atom is -0.288 e. The van der Waals surface area contributed by atoms with Gasteiger partial charge in [-0.2, -0.15) is 0 Å². The molecule has 3 heterocycles. The molecule has 0 unspecified atom stereocenters. The number of aromatic nitrogens is 6. The van der Waals surface area contributed by atoms with Crippen molar-refractivity contribution in [1.29, 1.82) is 0 Å². The number of hydrogen-bond acceptors (Lipinski definition) is 5. The molecule has 3 rings (SSSR count). The van der Waals surface area contributed by atoms with E-state index in [2.05, 4.69) is 20.3 Å². The Bertz CT molecular complexity index is 852. The van der Waals surface area contributed by atoms with Gasteiger partial charge in [0.25, 0.3) is 0 Å². The van der Waals surface area contributed by atoms with Crippen LogP contribution in [0.4, 0.5) is 0 Å². The summed E-state index contributed by atoms with van der Waals surface area (Å²) in [6.07, 6.45) is 9.82. The largest absolute Gasteiger partial charge is 0.288 e. The number of carbonyl (C=O) groups is 1. The van der Waals surface area contributed by atoms with Crippen molar-refractivity contribution in [2.75, 3.05) is 0 Å². The second-order valence-electron chi connectivity index (χ2n) is 5.89. The predicted octanol–water partition coefficient (Wildman–Crippen LogP) is 1.97. The average molecular weight is 296 g/mol. The predicted molar refractivity (Wildman–Crippen MR) is 81.4 cm³/mol. The molecule has 7 nitrogen and oxygen atoms in total. The molecule has 0 N–H and O–H groups in total. The van der Waals surface area contributed by atoms with Gasteiger partial charge in [0, 0.05) is 12.4 Å². The van der Waals surface area contributed by atoms with Gasteiger partial charge in [0.2, 0.25) is 11.6 Å². The maximum Gasteiger partial charge on any atom is 0.234 e. The number of hydrogen-bond donors (Lipinski definition) is 0. The first-order valence-corrected chi connectivity index (χ1v) is 6.88. The highest BCUT2D eigenvalue weighted by molar-refractivity contribution is 6.05. The van der Waals surface area contributed by atoms with E-state index in [1.54, 1.807) is 39.8 Å². The Kier molecular flexibility index (Phi) is 3.32. The Labute approximate surface area is 127 Å². The topological polar surface area (TPSA) is 78.0 Å². The molecule has 0 aliphatic carbocycles. The Morgan fingerprint density at radius 3 is 2.82 bits per heavy atom. The van der Waals surface area contributed by atoms with Gasteiger partial charge in [-0.25, -0.2) is 14.6 Å². The van der Waals surface area contributed by atoms with Gasteiger partial charge >= 0.3 is 0 Å². The van der Waals surface area contributed by atoms with Crippen LogP contribution in [0.5, 0.6) is 0 Å². The van der Waals surface area contributed by atoms with Crippen LogP contribution in [-0.2, 0) is 5.54 Å². The SMILES string of the molecule is CC(C)(C)n1cc(C=CC(=O)c2cnc3ncccn23)nn1. The van der Waals surface area contributed by atoms with Crippen LogP contribution in [0.2, 0.25) is 0 Å². The van der Waals surface area contributed by atoms with Crippen molar-refractivity contribution in [3.05, 3.63) is 48.3 Å². The highest BCUT2D eigenvalue weighted by Gasteiger charge is 2.14. The number of rotatable bonds is 3. The second kappa shape index (κ2) is 5.18. The second-order valence-corrected chi connectivity index (χ2v) is 5.89. The fourth-order valence-electron chi connectivity index (χ4n) is 1.94. The minimum absolute atomic E-state index is 0.142. The lowest BCUT2D eigenvalue weighted by Crippen LogP contribution is -2.22. The van der Waals surface area contributed by atoms with Gasteiger partial charge < -0.3 is 0 Å². The highest BCUT2D eigenvalue weighted by Crippen LogP contribution is 2.12. The fraction of sp³-hybridized carbons (Fsp3) is 0.267. The molecule has 0 fully saturated rings. The fourth-order valence-corrected chi connectivity index (χ4v) is 1.94. The van der Waals surface area contributed by atoms with Crippen LogP contribution in [0.15, 0.2) is 36.9 Å². The van der Waals surface area contributed by atoms with Crippen LogP contribution in [0, 0.1) is 0 Å². The molecular formula is C15H16N6O. The summed E-state index contributed by atoms with van der Waals surface area (Å²) in [5, 5.41) is 8.09. The number of nitrogens with zero attached hydrogens (tertiary/aromatic N) is 6. The number of fused-ring (bicyclic) bond motifs is 1. The lowest BCUT2D eigenvalue weighted by atomic mass is 10.1. The van der Waals surface area contributed by atoms with Crippen molar-refractivity contribution in [3.8, 4) is 0 Å². The van der Waals surface area contributed by atoms with Crippen molar-refractivity contribution in [2.24, 2.45) is 0 Å². The number of ketones is 1. The summed E-state index contributed by atoms with van der Waals surface area (Å²) in [5.74, 6) is 0.337. The van der Waals surface area contributed by atoms with E-state index >= 15 is 0 Å². The standard InChI is InChI=1S/C15H16N6O/c1-15(2,3)21-10-11(18-19-21)5-6-13(22)12-9-17-14-16-7-4-8-20(12)14/h4-10H,1-3H3. The molecule has 3 aromatic rings. The Balaban J connectivity index is 1.83. The average Bonchev–Trinajstić information content (AvgIpc) is 3.11. The van der Waals surface area contributed by atoms with Crippen LogP contribution in [0.3, 0.4) is 0 Å². The number of imidazole rings is 1. The summed E-state index contributed by atoms with van der Waals surface area (Å²) in [7, 11) is 0. The number of carbonyl (C=O) groups excluding carboxylic acids is 1. The zero-order chi connectivity index (χ0) is 15.7. The third-order valence-corrected chi connectivity index (χ3v) is 3.14. The molecule has 0 saturated carbocycles. The monoisotopic (exact) mass is 296 g/mol. The van der Waals surface area contributed by atoms with Gasteiger partial charge in [-0.05, 0) is 39.0 Å². The van der Waals surface area contributed by atoms with E-state index in [1.807, 2.05) is 20.8 Å². The van der Waals surface area contributed by atoms with E-state index in [9.17, 15) is 4.79 Å². The van der Waals surface area contributed by atoms with Gasteiger partial charge in [0.1, 0.15) is 11.4 Å². The molecule has 0 atom stereocenters. The molecular weight excluding hydrogens is 280 g/mol. The summed E-state index contributed by atoms with van der Waals surface area (Å²) < 4.78 is 3.41. The van der Waals surface area contributed by atoms with Gasteiger partial charge in [-0.3, -0.25) is 9.20 Å². The first-order valence-electron chi connectivity index (χ1n) is 6.88. The van der Waals surface area contributed by atoms with E-state index in [0.29, 0.717) is 17.2 Å². The summed E-state index contributed by atoms with van der Waals surface area (Å²) in [6.45, 7) is 6.10. The smallest absolute Gasteiger partial charge is 0.234 e. The molecule has 22 heavy (non-hydrogen) atoms. The highest BCUT2D eigenvalue weighted by atomic mass is 16.1. The minimum atomic E-state index is -0.161. The van der Waals surface area contributed by atoms with Crippen molar-refractivity contribution in [2.45, 2.75) is 26.3 Å². The molecule has 0 aromatic carbocycles. The maximum absolute atomic E-state index is 12.3. The van der Waals surface area contributed by atoms with E-state index in [0.717, 1.165) is 0 Å². The Morgan fingerprint density at radius 1 is 1.27 bits per heavy atom. The van der Waals surface area contributed by atoms with E-state index in [4.69, 9.17) is 0 Å². The molecule has 112 valence electrons. The molecule has 7 heteroatoms. The van der Waals surface area contributed by atoms with Crippen molar-refractivity contribution >= 4 is 17.6 Å². The molecule has 0 aliphatic heterocycles. The van der Waals surface area contributed by atoms with Crippen molar-refractivity contribution in [1.82, 2.24) is 29.4 Å². The van der Waals surface area contributed by atoms with E-state index in [-0.39, 0.29) is 11.3 Å². The van der Waals surface area contributed by atoms with Gasteiger partial charge in [-0.15, -0.1) is 5.10 Å². The zero-order valence-electron chi connectivity index (χ0n) is 12.6. The first-order chi connectivity index (χ1) is 10.4. The molecule has 0 saturated heterocycles. The van der Waals surface area contributed by atoms with Crippen LogP contribution >= 0.6 is 0 Å². The molecule has 3 aromatic heterocycles. The molecule has 0 bridgehead atoms. The normalized spacial score (nSPS) is 12.3. The maximum atomic E-state index is 12.3. The van der Waals surface area contributed by atoms with Crippen molar-refractivity contribution < 1.29 is 4.79 Å². The molecule has 0 aliphatic rings. The van der Waals surface area contributed by atoms with Gasteiger partial charge in [-0.1, -0.05) is 5.21 Å². The lowest BCUT2D eigenvalue weighted by molar-refractivity contribution is 0.104. The number of allylic oxidation sites excluding steroid dienone is 1. The van der Waals surface area contributed by atoms with Gasteiger partial charge in [0.05, 0.1) is 17.9 Å². The quantitative estimate of drug-likeness (QED) is 0.545. The summed E-state index contributed by atoms with van der Waals surface area (Å²) in [4.78, 5) is 20.4. The lowest BCUT2D eigenvalue weighted by Gasteiger charge is -2.17. The first kappa shape index (κ1) is 14.1.